The minimum Gasteiger partial charge on any atom is -0.330 e. The number of nitrogens with one attached hydrogen (secondary N) is 1. The Bertz CT molecular complexity index is 332. The van der Waals surface area contributed by atoms with Gasteiger partial charge in [0.15, 0.2) is 0 Å². The van der Waals surface area contributed by atoms with E-state index < -0.39 is 10.2 Å². The smallest absolute Gasteiger partial charge is 0.279 e. The summed E-state index contributed by atoms with van der Waals surface area (Å²) in [5.74, 6) is 1.10. The lowest BCUT2D eigenvalue weighted by atomic mass is 9.81. The van der Waals surface area contributed by atoms with E-state index in [0.717, 1.165) is 6.42 Å². The maximum absolute atomic E-state index is 12.0. The van der Waals surface area contributed by atoms with Crippen LogP contribution in [0.2, 0.25) is 0 Å². The van der Waals surface area contributed by atoms with Gasteiger partial charge >= 0.3 is 0 Å². The standard InChI is InChI=1S/C12H27N3O2S/c1-11-6-3-4-7-12(11)10-14-18(16,17)15(2)9-5-8-13/h11-12,14H,3-10,13H2,1-2H3. The van der Waals surface area contributed by atoms with Crippen molar-refractivity contribution in [2.75, 3.05) is 26.7 Å². The third-order valence-corrected chi connectivity index (χ3v) is 5.44. The summed E-state index contributed by atoms with van der Waals surface area (Å²) in [6.45, 7) is 3.78. The highest BCUT2D eigenvalue weighted by atomic mass is 32.2. The number of nitrogens with zero attached hydrogens (tertiary/aromatic N) is 1. The van der Waals surface area contributed by atoms with Crippen molar-refractivity contribution in [3.63, 3.8) is 0 Å². The summed E-state index contributed by atoms with van der Waals surface area (Å²) >= 11 is 0. The van der Waals surface area contributed by atoms with Crippen LogP contribution in [0.5, 0.6) is 0 Å². The topological polar surface area (TPSA) is 75.4 Å². The molecule has 0 aromatic rings. The lowest BCUT2D eigenvalue weighted by Crippen LogP contribution is -2.42. The van der Waals surface area contributed by atoms with Gasteiger partial charge in [0.05, 0.1) is 0 Å². The second-order valence-corrected chi connectivity index (χ2v) is 7.20. The number of rotatable bonds is 7. The van der Waals surface area contributed by atoms with Crippen LogP contribution in [0, 0.1) is 11.8 Å². The Labute approximate surface area is 111 Å². The number of hydrogen-bond acceptors (Lipinski definition) is 3. The van der Waals surface area contributed by atoms with Crippen LogP contribution in [0.25, 0.3) is 0 Å². The van der Waals surface area contributed by atoms with Gasteiger partial charge in [0, 0.05) is 20.1 Å². The summed E-state index contributed by atoms with van der Waals surface area (Å²) < 4.78 is 28.0. The van der Waals surface area contributed by atoms with Crippen molar-refractivity contribution in [3.05, 3.63) is 0 Å². The zero-order valence-electron chi connectivity index (χ0n) is 11.6. The van der Waals surface area contributed by atoms with E-state index >= 15 is 0 Å². The maximum Gasteiger partial charge on any atom is 0.279 e. The highest BCUT2D eigenvalue weighted by molar-refractivity contribution is 7.87. The van der Waals surface area contributed by atoms with E-state index in [9.17, 15) is 8.42 Å². The molecule has 18 heavy (non-hydrogen) atoms. The van der Waals surface area contributed by atoms with Gasteiger partial charge in [-0.2, -0.15) is 12.7 Å². The predicted molar refractivity (Wildman–Crippen MR) is 74.3 cm³/mol. The lowest BCUT2D eigenvalue weighted by molar-refractivity contribution is 0.256. The molecule has 0 aromatic carbocycles. The third-order valence-electron chi connectivity index (χ3n) is 3.90. The molecule has 5 nitrogen and oxygen atoms in total. The largest absolute Gasteiger partial charge is 0.330 e. The van der Waals surface area contributed by atoms with Gasteiger partial charge < -0.3 is 5.73 Å². The van der Waals surface area contributed by atoms with Crippen LogP contribution >= 0.6 is 0 Å². The average Bonchev–Trinajstić information content (AvgIpc) is 2.35. The molecule has 1 aliphatic rings. The van der Waals surface area contributed by atoms with Gasteiger partial charge in [-0.05, 0) is 31.2 Å². The molecule has 0 amide bonds. The first-order chi connectivity index (χ1) is 8.47. The van der Waals surface area contributed by atoms with Crippen LogP contribution in [0.1, 0.15) is 39.0 Å². The minimum absolute atomic E-state index is 0.478. The summed E-state index contributed by atoms with van der Waals surface area (Å²) in [7, 11) is -1.73. The summed E-state index contributed by atoms with van der Waals surface area (Å²) in [6.07, 6.45) is 5.55. The van der Waals surface area contributed by atoms with Crippen LogP contribution < -0.4 is 10.5 Å². The molecule has 0 heterocycles. The summed E-state index contributed by atoms with van der Waals surface area (Å²) in [6, 6.07) is 0. The zero-order valence-corrected chi connectivity index (χ0v) is 12.4. The highest BCUT2D eigenvalue weighted by Gasteiger charge is 2.24. The zero-order chi connectivity index (χ0) is 13.6. The van der Waals surface area contributed by atoms with Gasteiger partial charge in [-0.1, -0.05) is 26.2 Å². The van der Waals surface area contributed by atoms with Crippen molar-refractivity contribution in [2.24, 2.45) is 17.6 Å². The molecule has 0 spiro atoms. The molecule has 3 N–H and O–H groups in total. The Morgan fingerprint density at radius 1 is 1.33 bits per heavy atom. The SMILES string of the molecule is CC1CCCCC1CNS(=O)(=O)N(C)CCCN. The molecule has 1 saturated carbocycles. The maximum atomic E-state index is 12.0. The summed E-state index contributed by atoms with van der Waals surface area (Å²) in [4.78, 5) is 0. The van der Waals surface area contributed by atoms with Crippen molar-refractivity contribution in [2.45, 2.75) is 39.0 Å². The molecule has 1 fully saturated rings. The van der Waals surface area contributed by atoms with Crippen molar-refractivity contribution >= 4 is 10.2 Å². The van der Waals surface area contributed by atoms with Crippen molar-refractivity contribution in [1.82, 2.24) is 9.03 Å². The van der Waals surface area contributed by atoms with E-state index in [4.69, 9.17) is 5.73 Å². The van der Waals surface area contributed by atoms with Gasteiger partial charge in [-0.3, -0.25) is 0 Å². The van der Waals surface area contributed by atoms with E-state index in [1.807, 2.05) is 0 Å². The lowest BCUT2D eigenvalue weighted by Gasteiger charge is -2.29. The first-order valence-corrected chi connectivity index (χ1v) is 8.32. The molecule has 0 aromatic heterocycles. The second-order valence-electron chi connectivity index (χ2n) is 5.34. The molecule has 2 unspecified atom stereocenters. The van der Waals surface area contributed by atoms with Crippen LogP contribution in [-0.4, -0.2) is 39.4 Å². The van der Waals surface area contributed by atoms with Crippen LogP contribution in [0.3, 0.4) is 0 Å². The normalized spacial score (nSPS) is 25.6. The minimum atomic E-state index is -3.33. The molecule has 0 aliphatic heterocycles. The van der Waals surface area contributed by atoms with E-state index in [-0.39, 0.29) is 0 Å². The molecule has 1 rings (SSSR count). The molecule has 1 aliphatic carbocycles. The van der Waals surface area contributed by atoms with Crippen molar-refractivity contribution < 1.29 is 8.42 Å². The molecule has 0 radical (unpaired) electrons. The fourth-order valence-corrected chi connectivity index (χ4v) is 3.47. The van der Waals surface area contributed by atoms with Crippen LogP contribution in [0.15, 0.2) is 0 Å². The summed E-state index contributed by atoms with van der Waals surface area (Å²) in [5.41, 5.74) is 5.39. The number of hydrogen-bond donors (Lipinski definition) is 2. The number of nitrogens with two attached hydrogens (primary N) is 1. The fourth-order valence-electron chi connectivity index (χ4n) is 2.45. The van der Waals surface area contributed by atoms with Crippen molar-refractivity contribution in [1.29, 1.82) is 0 Å². The Balaban J connectivity index is 2.40. The monoisotopic (exact) mass is 277 g/mol. The Morgan fingerprint density at radius 3 is 2.61 bits per heavy atom. The Morgan fingerprint density at radius 2 is 2.00 bits per heavy atom. The third kappa shape index (κ3) is 4.84. The predicted octanol–water partition coefficient (Wildman–Crippen LogP) is 0.928. The quantitative estimate of drug-likeness (QED) is 0.727. The van der Waals surface area contributed by atoms with Gasteiger partial charge in [0.2, 0.25) is 0 Å². The second kappa shape index (κ2) is 7.43. The first kappa shape index (κ1) is 15.9. The fraction of sp³-hybridized carbons (Fsp3) is 1.00. The summed E-state index contributed by atoms with van der Waals surface area (Å²) in [5, 5.41) is 0. The molecule has 108 valence electrons. The van der Waals surface area contributed by atoms with Crippen LogP contribution in [0.4, 0.5) is 0 Å². The molecular formula is C12H27N3O2S. The molecule has 0 bridgehead atoms. The van der Waals surface area contributed by atoms with Gasteiger partial charge in [-0.15, -0.1) is 0 Å². The first-order valence-electron chi connectivity index (χ1n) is 6.88. The average molecular weight is 277 g/mol. The van der Waals surface area contributed by atoms with Gasteiger partial charge in [0.1, 0.15) is 0 Å². The van der Waals surface area contributed by atoms with Crippen molar-refractivity contribution in [3.8, 4) is 0 Å². The molecule has 6 heteroatoms. The Hall–Kier alpha value is -0.170. The van der Waals surface area contributed by atoms with Crippen LogP contribution in [-0.2, 0) is 10.2 Å². The Kier molecular flexibility index (Phi) is 6.55. The van der Waals surface area contributed by atoms with E-state index in [1.165, 1.54) is 23.6 Å². The van der Waals surface area contributed by atoms with E-state index in [2.05, 4.69) is 11.6 Å². The van der Waals surface area contributed by atoms with E-state index in [1.54, 1.807) is 7.05 Å². The molecule has 2 atom stereocenters. The highest BCUT2D eigenvalue weighted by Crippen LogP contribution is 2.28. The van der Waals surface area contributed by atoms with Gasteiger partial charge in [0.25, 0.3) is 10.2 Å². The van der Waals surface area contributed by atoms with E-state index in [0.29, 0.717) is 37.9 Å². The molecular weight excluding hydrogens is 250 g/mol. The van der Waals surface area contributed by atoms with Gasteiger partial charge in [-0.25, -0.2) is 4.72 Å². The molecule has 0 saturated heterocycles.